The number of nitriles is 1. The molecule has 0 bridgehead atoms. The Hall–Kier alpha value is -1.49. The fraction of sp³-hybridized carbons (Fsp3) is 0.538. The van der Waals surface area contributed by atoms with E-state index in [9.17, 15) is 8.42 Å². The minimum absolute atomic E-state index is 0.0969. The second kappa shape index (κ2) is 6.31. The Bertz CT molecular complexity index is 603. The van der Waals surface area contributed by atoms with Crippen molar-refractivity contribution in [3.05, 3.63) is 29.6 Å². The first kappa shape index (κ1) is 14.9. The Morgan fingerprint density at radius 2 is 2.20 bits per heavy atom. The van der Waals surface area contributed by atoms with Gasteiger partial charge in [-0.05, 0) is 30.5 Å². The fourth-order valence-corrected chi connectivity index (χ4v) is 3.54. The standard InChI is InChI=1S/C13H18N4O2S/c1-17(13-4-2-3-5-13)20(18,19)16-10-11-6-7-15-12(8-11)9-14/h6-8,13,16H,2-5,10H2,1H3. The molecule has 1 aromatic heterocycles. The van der Waals surface area contributed by atoms with Crippen molar-refractivity contribution in [1.82, 2.24) is 14.0 Å². The molecule has 108 valence electrons. The molecule has 0 aliphatic heterocycles. The van der Waals surface area contributed by atoms with Crippen LogP contribution in [0, 0.1) is 11.3 Å². The molecule has 0 atom stereocenters. The van der Waals surface area contributed by atoms with Crippen LogP contribution in [-0.4, -0.2) is 30.8 Å². The normalized spacial score (nSPS) is 16.4. The van der Waals surface area contributed by atoms with E-state index in [0.717, 1.165) is 31.2 Å². The molecule has 20 heavy (non-hydrogen) atoms. The van der Waals surface area contributed by atoms with E-state index in [2.05, 4.69) is 9.71 Å². The summed E-state index contributed by atoms with van der Waals surface area (Å²) < 4.78 is 28.3. The highest BCUT2D eigenvalue weighted by Gasteiger charge is 2.28. The summed E-state index contributed by atoms with van der Waals surface area (Å²) >= 11 is 0. The first-order chi connectivity index (χ1) is 9.53. The average Bonchev–Trinajstić information content (AvgIpc) is 2.98. The third kappa shape index (κ3) is 3.54. The first-order valence-electron chi connectivity index (χ1n) is 6.60. The van der Waals surface area contributed by atoms with E-state index in [4.69, 9.17) is 5.26 Å². The molecule has 1 saturated carbocycles. The highest BCUT2D eigenvalue weighted by atomic mass is 32.2. The van der Waals surface area contributed by atoms with Gasteiger partial charge < -0.3 is 0 Å². The van der Waals surface area contributed by atoms with Crippen LogP contribution in [0.4, 0.5) is 0 Å². The molecular formula is C13H18N4O2S. The van der Waals surface area contributed by atoms with Gasteiger partial charge in [0, 0.05) is 25.8 Å². The Balaban J connectivity index is 1.99. The van der Waals surface area contributed by atoms with Gasteiger partial charge in [-0.1, -0.05) is 12.8 Å². The predicted octanol–water partition coefficient (Wildman–Crippen LogP) is 1.16. The Morgan fingerprint density at radius 3 is 2.85 bits per heavy atom. The van der Waals surface area contributed by atoms with E-state index < -0.39 is 10.2 Å². The van der Waals surface area contributed by atoms with Crippen molar-refractivity contribution in [3.63, 3.8) is 0 Å². The highest BCUT2D eigenvalue weighted by molar-refractivity contribution is 7.87. The van der Waals surface area contributed by atoms with Crippen LogP contribution in [0.5, 0.6) is 0 Å². The third-order valence-corrected chi connectivity index (χ3v) is 5.18. The maximum absolute atomic E-state index is 12.2. The predicted molar refractivity (Wildman–Crippen MR) is 74.7 cm³/mol. The summed E-state index contributed by atoms with van der Waals surface area (Å²) in [6, 6.07) is 5.30. The number of hydrogen-bond donors (Lipinski definition) is 1. The number of pyridine rings is 1. The minimum atomic E-state index is -3.48. The van der Waals surface area contributed by atoms with E-state index in [1.807, 2.05) is 6.07 Å². The molecule has 0 aromatic carbocycles. The number of nitrogens with zero attached hydrogens (tertiary/aromatic N) is 3. The second-order valence-corrected chi connectivity index (χ2v) is 6.76. The van der Waals surface area contributed by atoms with Crippen LogP contribution in [0.2, 0.25) is 0 Å². The number of nitrogens with one attached hydrogen (secondary N) is 1. The summed E-state index contributed by atoms with van der Waals surface area (Å²) in [5.41, 5.74) is 1.01. The molecule has 1 fully saturated rings. The van der Waals surface area contributed by atoms with Crippen LogP contribution in [0.25, 0.3) is 0 Å². The Labute approximate surface area is 119 Å². The van der Waals surface area contributed by atoms with Gasteiger partial charge in [0.25, 0.3) is 10.2 Å². The molecule has 0 amide bonds. The molecule has 1 aliphatic carbocycles. The lowest BCUT2D eigenvalue weighted by Gasteiger charge is -2.23. The van der Waals surface area contributed by atoms with Gasteiger partial charge in [0.2, 0.25) is 0 Å². The summed E-state index contributed by atoms with van der Waals surface area (Å²) in [6.07, 6.45) is 5.51. The average molecular weight is 294 g/mol. The molecule has 1 N–H and O–H groups in total. The molecular weight excluding hydrogens is 276 g/mol. The molecule has 7 heteroatoms. The lowest BCUT2D eigenvalue weighted by Crippen LogP contribution is -2.42. The van der Waals surface area contributed by atoms with Gasteiger partial charge in [-0.25, -0.2) is 4.98 Å². The largest absolute Gasteiger partial charge is 0.279 e. The fourth-order valence-electron chi connectivity index (χ4n) is 2.39. The van der Waals surface area contributed by atoms with Gasteiger partial charge in [-0.2, -0.15) is 22.7 Å². The second-order valence-electron chi connectivity index (χ2n) is 4.94. The third-order valence-electron chi connectivity index (χ3n) is 3.62. The van der Waals surface area contributed by atoms with E-state index in [1.54, 1.807) is 19.2 Å². The van der Waals surface area contributed by atoms with Gasteiger partial charge in [0.05, 0.1) is 0 Å². The molecule has 1 aliphatic rings. The molecule has 1 heterocycles. The molecule has 6 nitrogen and oxygen atoms in total. The quantitative estimate of drug-likeness (QED) is 0.883. The highest BCUT2D eigenvalue weighted by Crippen LogP contribution is 2.23. The minimum Gasteiger partial charge on any atom is -0.246 e. The Kier molecular flexibility index (Phi) is 4.70. The van der Waals surface area contributed by atoms with Crippen LogP contribution in [-0.2, 0) is 16.8 Å². The lowest BCUT2D eigenvalue weighted by atomic mass is 10.2. The van der Waals surface area contributed by atoms with Crippen molar-refractivity contribution in [1.29, 1.82) is 5.26 Å². The van der Waals surface area contributed by atoms with Crippen LogP contribution in [0.1, 0.15) is 36.9 Å². The van der Waals surface area contributed by atoms with E-state index in [1.165, 1.54) is 10.5 Å². The summed E-state index contributed by atoms with van der Waals surface area (Å²) in [4.78, 5) is 3.85. The number of hydrogen-bond acceptors (Lipinski definition) is 4. The van der Waals surface area contributed by atoms with Crippen LogP contribution >= 0.6 is 0 Å². The number of aromatic nitrogens is 1. The first-order valence-corrected chi connectivity index (χ1v) is 8.04. The lowest BCUT2D eigenvalue weighted by molar-refractivity contribution is 0.366. The van der Waals surface area contributed by atoms with E-state index >= 15 is 0 Å². The summed E-state index contributed by atoms with van der Waals surface area (Å²) in [6.45, 7) is 0.163. The maximum Gasteiger partial charge on any atom is 0.279 e. The molecule has 2 rings (SSSR count). The monoisotopic (exact) mass is 294 g/mol. The van der Waals surface area contributed by atoms with Gasteiger partial charge in [0.1, 0.15) is 11.8 Å². The Morgan fingerprint density at radius 1 is 1.50 bits per heavy atom. The van der Waals surface area contributed by atoms with Crippen LogP contribution in [0.3, 0.4) is 0 Å². The van der Waals surface area contributed by atoms with E-state index in [-0.39, 0.29) is 18.3 Å². The zero-order chi connectivity index (χ0) is 14.6. The topological polar surface area (TPSA) is 86.1 Å². The van der Waals surface area contributed by atoms with Crippen LogP contribution in [0.15, 0.2) is 18.3 Å². The molecule has 1 aromatic rings. The molecule has 0 unspecified atom stereocenters. The number of rotatable bonds is 5. The van der Waals surface area contributed by atoms with Gasteiger partial charge in [-0.15, -0.1) is 0 Å². The molecule has 0 saturated heterocycles. The van der Waals surface area contributed by atoms with Crippen LogP contribution < -0.4 is 4.72 Å². The van der Waals surface area contributed by atoms with Crippen molar-refractivity contribution in [2.24, 2.45) is 0 Å². The van der Waals surface area contributed by atoms with Crippen molar-refractivity contribution in [3.8, 4) is 6.07 Å². The van der Waals surface area contributed by atoms with Gasteiger partial charge in [0.15, 0.2) is 0 Å². The van der Waals surface area contributed by atoms with E-state index in [0.29, 0.717) is 0 Å². The SMILES string of the molecule is CN(C1CCCC1)S(=O)(=O)NCc1ccnc(C#N)c1. The van der Waals surface area contributed by atoms with Crippen molar-refractivity contribution in [2.75, 3.05) is 7.05 Å². The smallest absolute Gasteiger partial charge is 0.246 e. The summed E-state index contributed by atoms with van der Waals surface area (Å²) in [5, 5.41) is 8.76. The van der Waals surface area contributed by atoms with Gasteiger partial charge in [-0.3, -0.25) is 0 Å². The molecule has 0 radical (unpaired) electrons. The van der Waals surface area contributed by atoms with Gasteiger partial charge >= 0.3 is 0 Å². The summed E-state index contributed by atoms with van der Waals surface area (Å²) in [5.74, 6) is 0. The maximum atomic E-state index is 12.2. The zero-order valence-corrected chi connectivity index (χ0v) is 12.2. The summed E-state index contributed by atoms with van der Waals surface area (Å²) in [7, 11) is -1.86. The van der Waals surface area contributed by atoms with Crippen molar-refractivity contribution < 1.29 is 8.42 Å². The molecule has 0 spiro atoms. The van der Waals surface area contributed by atoms with Crippen molar-refractivity contribution >= 4 is 10.2 Å². The van der Waals surface area contributed by atoms with Crippen molar-refractivity contribution in [2.45, 2.75) is 38.3 Å². The zero-order valence-electron chi connectivity index (χ0n) is 11.4.